The van der Waals surface area contributed by atoms with Gasteiger partial charge in [-0.15, -0.1) is 0 Å². The highest BCUT2D eigenvalue weighted by molar-refractivity contribution is 5.66. The number of allylic oxidation sites excluding steroid dienone is 10. The molecule has 1 N–H and O–H groups in total. The second kappa shape index (κ2) is 19.2. The lowest BCUT2D eigenvalue weighted by molar-refractivity contribution is -0.136. The topological polar surface area (TPSA) is 37.3 Å². The predicted octanol–water partition coefficient (Wildman–Crippen LogP) is 6.77. The van der Waals surface area contributed by atoms with Gasteiger partial charge in [-0.2, -0.15) is 0 Å². The van der Waals surface area contributed by atoms with Crippen LogP contribution in [-0.4, -0.2) is 11.1 Å². The number of hydrogen-bond donors (Lipinski definition) is 1. The molecule has 0 atom stereocenters. The van der Waals surface area contributed by atoms with E-state index in [0.29, 0.717) is 6.42 Å². The van der Waals surface area contributed by atoms with Crippen molar-refractivity contribution >= 4 is 5.97 Å². The Morgan fingerprint density at radius 1 is 0.667 bits per heavy atom. The molecule has 0 aliphatic rings. The van der Waals surface area contributed by atoms with Gasteiger partial charge in [0.2, 0.25) is 0 Å². The monoisotopic (exact) mass is 330 g/mol. The lowest BCUT2D eigenvalue weighted by Crippen LogP contribution is -1.91. The first-order chi connectivity index (χ1) is 11.8. The van der Waals surface area contributed by atoms with Crippen LogP contribution < -0.4 is 0 Å². The maximum atomic E-state index is 10.3. The summed E-state index contributed by atoms with van der Waals surface area (Å²) in [6, 6.07) is 0. The van der Waals surface area contributed by atoms with Crippen LogP contribution in [0.5, 0.6) is 0 Å². The van der Waals surface area contributed by atoms with Crippen molar-refractivity contribution in [1.29, 1.82) is 0 Å². The first-order valence-corrected chi connectivity index (χ1v) is 9.24. The van der Waals surface area contributed by atoms with Crippen molar-refractivity contribution in [2.24, 2.45) is 0 Å². The lowest BCUT2D eigenvalue weighted by Gasteiger charge is -1.90. The Balaban J connectivity index is 3.46. The van der Waals surface area contributed by atoms with E-state index in [2.05, 4.69) is 55.5 Å². The highest BCUT2D eigenvalue weighted by Gasteiger charge is 1.90. The van der Waals surface area contributed by atoms with Crippen LogP contribution in [0.3, 0.4) is 0 Å². The summed E-state index contributed by atoms with van der Waals surface area (Å²) in [6.07, 6.45) is 31.4. The average molecular weight is 331 g/mol. The zero-order valence-electron chi connectivity index (χ0n) is 15.2. The Hall–Kier alpha value is -1.83. The molecular weight excluding hydrogens is 296 g/mol. The Morgan fingerprint density at radius 3 is 1.50 bits per heavy atom. The molecule has 2 nitrogen and oxygen atoms in total. The molecule has 0 bridgehead atoms. The summed E-state index contributed by atoms with van der Waals surface area (Å²) in [4.78, 5) is 10.3. The minimum Gasteiger partial charge on any atom is -0.481 e. The molecule has 0 aromatic rings. The van der Waals surface area contributed by atoms with Gasteiger partial charge in [0.05, 0.1) is 0 Å². The van der Waals surface area contributed by atoms with Crippen LogP contribution in [0.15, 0.2) is 60.8 Å². The normalized spacial score (nSPS) is 12.7. The number of carboxylic acids is 1. The van der Waals surface area contributed by atoms with Crippen LogP contribution in [0.4, 0.5) is 0 Å². The Labute approximate surface area is 148 Å². The molecule has 0 fully saturated rings. The zero-order chi connectivity index (χ0) is 17.7. The molecule has 0 heterocycles. The fraction of sp³-hybridized carbons (Fsp3) is 0.500. The molecule has 0 aliphatic carbocycles. The van der Waals surface area contributed by atoms with E-state index >= 15 is 0 Å². The SMILES string of the molecule is CCCCC/C=C/C/C=C\C/C=C/C/C=C\C/C=C/CCC(=O)O. The fourth-order valence-electron chi connectivity index (χ4n) is 2.04. The van der Waals surface area contributed by atoms with Gasteiger partial charge in [0, 0.05) is 6.42 Å². The number of carbonyl (C=O) groups is 1. The van der Waals surface area contributed by atoms with Crippen molar-refractivity contribution < 1.29 is 9.90 Å². The average Bonchev–Trinajstić information content (AvgIpc) is 2.56. The Kier molecular flexibility index (Phi) is 17.8. The van der Waals surface area contributed by atoms with Crippen LogP contribution in [0.25, 0.3) is 0 Å². The predicted molar refractivity (Wildman–Crippen MR) is 105 cm³/mol. The van der Waals surface area contributed by atoms with Crippen molar-refractivity contribution in [3.63, 3.8) is 0 Å². The molecule has 0 radical (unpaired) electrons. The van der Waals surface area contributed by atoms with Gasteiger partial charge in [0.15, 0.2) is 0 Å². The number of aliphatic carboxylic acids is 1. The van der Waals surface area contributed by atoms with Crippen LogP contribution >= 0.6 is 0 Å². The molecule has 0 saturated carbocycles. The molecule has 0 aromatic carbocycles. The highest BCUT2D eigenvalue weighted by Crippen LogP contribution is 2.01. The third kappa shape index (κ3) is 20.2. The summed E-state index contributed by atoms with van der Waals surface area (Å²) in [5, 5.41) is 8.49. The zero-order valence-corrected chi connectivity index (χ0v) is 15.2. The molecule has 0 unspecified atom stereocenters. The van der Waals surface area contributed by atoms with E-state index in [1.165, 1.54) is 25.7 Å². The van der Waals surface area contributed by atoms with Gasteiger partial charge >= 0.3 is 5.97 Å². The molecule has 0 amide bonds. The van der Waals surface area contributed by atoms with Gasteiger partial charge in [-0.05, 0) is 44.9 Å². The summed E-state index contributed by atoms with van der Waals surface area (Å²) >= 11 is 0. The molecule has 0 rings (SSSR count). The van der Waals surface area contributed by atoms with E-state index in [1.54, 1.807) is 0 Å². The minimum absolute atomic E-state index is 0.213. The molecule has 2 heteroatoms. The van der Waals surface area contributed by atoms with Crippen molar-refractivity contribution in [1.82, 2.24) is 0 Å². The van der Waals surface area contributed by atoms with Gasteiger partial charge in [-0.1, -0.05) is 80.5 Å². The first-order valence-electron chi connectivity index (χ1n) is 9.24. The van der Waals surface area contributed by atoms with Gasteiger partial charge in [0.1, 0.15) is 0 Å². The fourth-order valence-corrected chi connectivity index (χ4v) is 2.04. The molecule has 134 valence electrons. The van der Waals surface area contributed by atoms with Gasteiger partial charge in [0.25, 0.3) is 0 Å². The van der Waals surface area contributed by atoms with E-state index < -0.39 is 5.97 Å². The summed E-state index contributed by atoms with van der Waals surface area (Å²) in [5.74, 6) is -0.739. The minimum atomic E-state index is -0.739. The number of unbranched alkanes of at least 4 members (excludes halogenated alkanes) is 3. The second-order valence-corrected chi connectivity index (χ2v) is 5.73. The summed E-state index contributed by atoms with van der Waals surface area (Å²) in [5.41, 5.74) is 0. The molecule has 0 aliphatic heterocycles. The van der Waals surface area contributed by atoms with Gasteiger partial charge < -0.3 is 5.11 Å². The maximum Gasteiger partial charge on any atom is 0.303 e. The third-order valence-electron chi connectivity index (χ3n) is 3.42. The van der Waals surface area contributed by atoms with Crippen LogP contribution in [-0.2, 0) is 4.79 Å². The van der Waals surface area contributed by atoms with Crippen LogP contribution in [0.1, 0.15) is 71.1 Å². The summed E-state index contributed by atoms with van der Waals surface area (Å²) < 4.78 is 0. The first kappa shape index (κ1) is 22.2. The molecule has 0 spiro atoms. The molecule has 24 heavy (non-hydrogen) atoms. The highest BCUT2D eigenvalue weighted by atomic mass is 16.4. The van der Waals surface area contributed by atoms with E-state index in [-0.39, 0.29) is 6.42 Å². The van der Waals surface area contributed by atoms with Crippen molar-refractivity contribution in [2.75, 3.05) is 0 Å². The standard InChI is InChI=1S/C22H34O2/c1-2-3-4-5-6-7-8-9-10-11-12-13-14-15-16-17-18-19-20-21-22(23)24/h6-7,9-10,12-13,15-16,18-19H,2-5,8,11,14,17,20-21H2,1H3,(H,23,24)/b7-6+,10-9-,13-12+,16-15-,19-18+. The van der Waals surface area contributed by atoms with Gasteiger partial charge in [-0.3, -0.25) is 4.79 Å². The third-order valence-corrected chi connectivity index (χ3v) is 3.42. The van der Waals surface area contributed by atoms with Crippen LogP contribution in [0, 0.1) is 0 Å². The summed E-state index contributed by atoms with van der Waals surface area (Å²) in [7, 11) is 0. The smallest absolute Gasteiger partial charge is 0.303 e. The molecule has 0 aromatic heterocycles. The van der Waals surface area contributed by atoms with Crippen molar-refractivity contribution in [3.8, 4) is 0 Å². The van der Waals surface area contributed by atoms with E-state index in [1.807, 2.05) is 12.2 Å². The quantitative estimate of drug-likeness (QED) is 0.265. The van der Waals surface area contributed by atoms with Crippen LogP contribution in [0.2, 0.25) is 0 Å². The molecular formula is C22H34O2. The number of rotatable bonds is 15. The Bertz CT molecular complexity index is 425. The maximum absolute atomic E-state index is 10.3. The largest absolute Gasteiger partial charge is 0.481 e. The number of carboxylic acid groups (broad SMARTS) is 1. The van der Waals surface area contributed by atoms with E-state index in [4.69, 9.17) is 5.11 Å². The number of hydrogen-bond acceptors (Lipinski definition) is 1. The summed E-state index contributed by atoms with van der Waals surface area (Å²) in [6.45, 7) is 2.23. The van der Waals surface area contributed by atoms with Crippen molar-refractivity contribution in [2.45, 2.75) is 71.1 Å². The van der Waals surface area contributed by atoms with E-state index in [0.717, 1.165) is 25.7 Å². The lowest BCUT2D eigenvalue weighted by atomic mass is 10.2. The Morgan fingerprint density at radius 2 is 1.08 bits per heavy atom. The molecule has 0 saturated heterocycles. The van der Waals surface area contributed by atoms with E-state index in [9.17, 15) is 4.79 Å². The van der Waals surface area contributed by atoms with Gasteiger partial charge in [-0.25, -0.2) is 0 Å². The van der Waals surface area contributed by atoms with Crippen molar-refractivity contribution in [3.05, 3.63) is 60.8 Å². The second-order valence-electron chi connectivity index (χ2n) is 5.73.